The second kappa shape index (κ2) is 8.86. The van der Waals surface area contributed by atoms with Crippen molar-refractivity contribution in [3.63, 3.8) is 0 Å². The van der Waals surface area contributed by atoms with E-state index in [1.54, 1.807) is 0 Å². The number of ether oxygens (including phenoxy) is 1. The van der Waals surface area contributed by atoms with Crippen molar-refractivity contribution in [2.75, 3.05) is 11.5 Å². The van der Waals surface area contributed by atoms with E-state index in [0.29, 0.717) is 5.82 Å². The van der Waals surface area contributed by atoms with E-state index >= 15 is 0 Å². The minimum absolute atomic E-state index is 0.285. The van der Waals surface area contributed by atoms with Crippen molar-refractivity contribution in [1.82, 2.24) is 25.9 Å². The molecule has 120 valence electrons. The molecular weight excluding hydrogens is 290 g/mol. The summed E-state index contributed by atoms with van der Waals surface area (Å²) in [6, 6.07) is -0.285. The molecule has 0 aliphatic heterocycles. The molecule has 1 atom stereocenters. The van der Waals surface area contributed by atoms with Crippen molar-refractivity contribution in [3.05, 3.63) is 5.82 Å². The highest BCUT2D eigenvalue weighted by atomic mass is 32.2. The molecule has 1 heterocycles. The number of hydrogen-bond donors (Lipinski definition) is 2. The van der Waals surface area contributed by atoms with Crippen molar-refractivity contribution in [1.29, 1.82) is 0 Å². The van der Waals surface area contributed by atoms with Gasteiger partial charge in [0.15, 0.2) is 5.82 Å². The number of tetrazole rings is 1. The van der Waals surface area contributed by atoms with Crippen LogP contribution in [0.15, 0.2) is 0 Å². The summed E-state index contributed by atoms with van der Waals surface area (Å²) in [7, 11) is 0. The first-order chi connectivity index (χ1) is 9.92. The molecular formula is C13H25N5O2S. The van der Waals surface area contributed by atoms with E-state index in [9.17, 15) is 4.79 Å². The molecule has 0 saturated heterocycles. The van der Waals surface area contributed by atoms with E-state index in [-0.39, 0.29) is 6.04 Å². The monoisotopic (exact) mass is 315 g/mol. The van der Waals surface area contributed by atoms with E-state index in [0.717, 1.165) is 17.9 Å². The molecule has 0 fully saturated rings. The van der Waals surface area contributed by atoms with Gasteiger partial charge < -0.3 is 10.1 Å². The molecule has 0 saturated carbocycles. The topological polar surface area (TPSA) is 92.8 Å². The van der Waals surface area contributed by atoms with Gasteiger partial charge >= 0.3 is 6.09 Å². The highest BCUT2D eigenvalue weighted by Crippen LogP contribution is 2.17. The van der Waals surface area contributed by atoms with Crippen molar-refractivity contribution in [2.45, 2.75) is 58.6 Å². The fourth-order valence-corrected chi connectivity index (χ4v) is 2.68. The van der Waals surface area contributed by atoms with Crippen LogP contribution in [0.4, 0.5) is 4.79 Å². The Hall–Kier alpha value is -1.31. The number of aromatic amines is 1. The van der Waals surface area contributed by atoms with Crippen molar-refractivity contribution in [3.8, 4) is 0 Å². The molecule has 21 heavy (non-hydrogen) atoms. The van der Waals surface area contributed by atoms with E-state index < -0.39 is 11.7 Å². The molecule has 0 aliphatic rings. The van der Waals surface area contributed by atoms with Crippen LogP contribution in [-0.4, -0.2) is 43.8 Å². The number of carbonyl (C=O) groups excluding carboxylic acids is 1. The van der Waals surface area contributed by atoms with Gasteiger partial charge in [0, 0.05) is 0 Å². The summed E-state index contributed by atoms with van der Waals surface area (Å²) in [5.41, 5.74) is -0.526. The third-order valence-corrected chi connectivity index (χ3v) is 3.66. The van der Waals surface area contributed by atoms with Gasteiger partial charge in [-0.05, 0) is 45.1 Å². The molecule has 2 N–H and O–H groups in total. The molecule has 1 rings (SSSR count). The highest BCUT2D eigenvalue weighted by molar-refractivity contribution is 7.99. The van der Waals surface area contributed by atoms with E-state index in [4.69, 9.17) is 4.74 Å². The third kappa shape index (κ3) is 7.89. The minimum Gasteiger partial charge on any atom is -0.444 e. The van der Waals surface area contributed by atoms with Gasteiger partial charge in [-0.15, -0.1) is 10.2 Å². The van der Waals surface area contributed by atoms with Crippen LogP contribution >= 0.6 is 11.8 Å². The summed E-state index contributed by atoms with van der Waals surface area (Å²) in [6.07, 6.45) is 2.68. The Balaban J connectivity index is 2.48. The Morgan fingerprint density at radius 1 is 1.43 bits per heavy atom. The predicted octanol–water partition coefficient (Wildman–Crippen LogP) is 2.69. The fraction of sp³-hybridized carbons (Fsp3) is 0.846. The van der Waals surface area contributed by atoms with Crippen LogP contribution in [0, 0.1) is 0 Å². The molecule has 1 aromatic heterocycles. The first kappa shape index (κ1) is 17.7. The van der Waals surface area contributed by atoms with Gasteiger partial charge in [-0.1, -0.05) is 18.6 Å². The standard InChI is InChI=1S/C13H25N5O2S/c1-5-6-8-21-9-7-10(11-15-17-18-16-11)14-12(19)20-13(2,3)4/h10H,5-9H2,1-4H3,(H,14,19)(H,15,16,17,18)/t10-/m0/s1. The molecule has 0 spiro atoms. The SMILES string of the molecule is CCCCSCC[C@H](NC(=O)OC(C)(C)C)c1nn[nH]n1. The number of nitrogens with zero attached hydrogens (tertiary/aromatic N) is 3. The lowest BCUT2D eigenvalue weighted by molar-refractivity contribution is 0.0500. The summed E-state index contributed by atoms with van der Waals surface area (Å²) in [4.78, 5) is 11.9. The van der Waals surface area contributed by atoms with Crippen LogP contribution in [0.2, 0.25) is 0 Å². The Kier molecular flexibility index (Phi) is 7.49. The normalized spacial score (nSPS) is 13.0. The number of alkyl carbamates (subject to hydrolysis) is 1. The number of nitrogens with one attached hydrogen (secondary N) is 2. The van der Waals surface area contributed by atoms with E-state index in [1.165, 1.54) is 12.8 Å². The summed E-state index contributed by atoms with van der Waals surface area (Å²) in [5.74, 6) is 2.54. The largest absolute Gasteiger partial charge is 0.444 e. The number of hydrogen-bond acceptors (Lipinski definition) is 6. The zero-order valence-corrected chi connectivity index (χ0v) is 14.0. The summed E-state index contributed by atoms with van der Waals surface area (Å²) < 4.78 is 5.27. The van der Waals surface area contributed by atoms with Crippen LogP contribution in [0.1, 0.15) is 58.8 Å². The number of rotatable bonds is 8. The Morgan fingerprint density at radius 2 is 2.19 bits per heavy atom. The second-order valence-corrected chi connectivity index (χ2v) is 6.95. The number of carbonyl (C=O) groups is 1. The number of thioether (sulfide) groups is 1. The van der Waals surface area contributed by atoms with Gasteiger partial charge in [0.05, 0.1) is 6.04 Å². The second-order valence-electron chi connectivity index (χ2n) is 5.72. The zero-order chi connectivity index (χ0) is 15.7. The number of amides is 1. The molecule has 7 nitrogen and oxygen atoms in total. The average molecular weight is 315 g/mol. The molecule has 0 aliphatic carbocycles. The van der Waals surface area contributed by atoms with Gasteiger partial charge in [-0.25, -0.2) is 4.79 Å². The average Bonchev–Trinajstić information content (AvgIpc) is 2.88. The predicted molar refractivity (Wildman–Crippen MR) is 83.1 cm³/mol. The maximum Gasteiger partial charge on any atom is 0.408 e. The molecule has 0 bridgehead atoms. The lowest BCUT2D eigenvalue weighted by atomic mass is 10.2. The molecule has 8 heteroatoms. The maximum absolute atomic E-state index is 11.9. The first-order valence-electron chi connectivity index (χ1n) is 7.23. The third-order valence-electron chi connectivity index (χ3n) is 2.56. The quantitative estimate of drug-likeness (QED) is 0.716. The lowest BCUT2D eigenvalue weighted by Crippen LogP contribution is -2.35. The maximum atomic E-state index is 11.9. The van der Waals surface area contributed by atoms with Crippen LogP contribution < -0.4 is 5.32 Å². The smallest absolute Gasteiger partial charge is 0.408 e. The van der Waals surface area contributed by atoms with Gasteiger partial charge in [0.25, 0.3) is 0 Å². The number of aromatic nitrogens is 4. The van der Waals surface area contributed by atoms with Crippen molar-refractivity contribution < 1.29 is 9.53 Å². The number of H-pyrrole nitrogens is 1. The van der Waals surface area contributed by atoms with Crippen LogP contribution in [0.25, 0.3) is 0 Å². The molecule has 0 unspecified atom stereocenters. The zero-order valence-electron chi connectivity index (χ0n) is 13.2. The van der Waals surface area contributed by atoms with Gasteiger partial charge in [-0.2, -0.15) is 17.0 Å². The van der Waals surface area contributed by atoms with E-state index in [1.807, 2.05) is 32.5 Å². The minimum atomic E-state index is -0.526. The number of unbranched alkanes of at least 4 members (excludes halogenated alkanes) is 1. The molecule has 0 aromatic carbocycles. The summed E-state index contributed by atoms with van der Waals surface area (Å²) in [6.45, 7) is 7.66. The Morgan fingerprint density at radius 3 is 2.76 bits per heavy atom. The first-order valence-corrected chi connectivity index (χ1v) is 8.38. The van der Waals surface area contributed by atoms with E-state index in [2.05, 4.69) is 32.9 Å². The highest BCUT2D eigenvalue weighted by Gasteiger charge is 2.22. The summed E-state index contributed by atoms with van der Waals surface area (Å²) >= 11 is 1.87. The Bertz CT molecular complexity index is 405. The molecule has 1 amide bonds. The lowest BCUT2D eigenvalue weighted by Gasteiger charge is -2.22. The van der Waals surface area contributed by atoms with Crippen molar-refractivity contribution in [2.24, 2.45) is 0 Å². The molecule has 1 aromatic rings. The Labute approximate surface area is 130 Å². The summed E-state index contributed by atoms with van der Waals surface area (Å²) in [5, 5.41) is 16.7. The molecule has 0 radical (unpaired) electrons. The van der Waals surface area contributed by atoms with Crippen LogP contribution in [-0.2, 0) is 4.74 Å². The van der Waals surface area contributed by atoms with Gasteiger partial charge in [0.2, 0.25) is 0 Å². The van der Waals surface area contributed by atoms with Gasteiger partial charge in [0.1, 0.15) is 5.60 Å². The van der Waals surface area contributed by atoms with Gasteiger partial charge in [-0.3, -0.25) is 0 Å². The van der Waals surface area contributed by atoms with Crippen molar-refractivity contribution >= 4 is 17.9 Å². The van der Waals surface area contributed by atoms with Crippen LogP contribution in [0.3, 0.4) is 0 Å². The fourth-order valence-electron chi connectivity index (χ4n) is 1.58. The van der Waals surface area contributed by atoms with Crippen LogP contribution in [0.5, 0.6) is 0 Å².